The number of rotatable bonds is 5. The van der Waals surface area contributed by atoms with Crippen molar-refractivity contribution in [1.29, 1.82) is 0 Å². The second kappa shape index (κ2) is 11.9. The van der Waals surface area contributed by atoms with E-state index in [4.69, 9.17) is 4.74 Å². The lowest BCUT2D eigenvalue weighted by Crippen LogP contribution is -2.55. The van der Waals surface area contributed by atoms with Crippen LogP contribution in [0.3, 0.4) is 0 Å². The number of hydrogen-bond donors (Lipinski definition) is 2. The van der Waals surface area contributed by atoms with E-state index in [-0.39, 0.29) is 29.9 Å². The number of anilines is 2. The van der Waals surface area contributed by atoms with Crippen molar-refractivity contribution in [3.8, 4) is 0 Å². The Bertz CT molecular complexity index is 1520. The number of piperazine rings is 1. The Labute approximate surface area is 252 Å². The van der Waals surface area contributed by atoms with Crippen LogP contribution >= 0.6 is 0 Å². The zero-order valence-corrected chi connectivity index (χ0v) is 25.2. The number of pyridine rings is 1. The Morgan fingerprint density at radius 1 is 1.11 bits per heavy atom. The van der Waals surface area contributed by atoms with E-state index in [2.05, 4.69) is 15.2 Å². The summed E-state index contributed by atoms with van der Waals surface area (Å²) in [4.78, 5) is 45.4. The molecule has 44 heavy (non-hydrogen) atoms. The number of nitrogens with zero attached hydrogens (tertiary/aromatic N) is 3. The van der Waals surface area contributed by atoms with Crippen molar-refractivity contribution in [2.45, 2.75) is 70.3 Å². The third kappa shape index (κ3) is 6.47. The van der Waals surface area contributed by atoms with E-state index < -0.39 is 46.3 Å². The molecular weight excluding hydrogens is 582 g/mol. The fourth-order valence-electron chi connectivity index (χ4n) is 5.99. The lowest BCUT2D eigenvalue weighted by atomic mass is 9.82. The number of alkyl halides is 3. The van der Waals surface area contributed by atoms with Crippen LogP contribution in [0.15, 0.2) is 35.3 Å². The highest BCUT2D eigenvalue weighted by atomic mass is 19.4. The normalized spacial score (nSPS) is 22.2. The molecule has 1 aromatic heterocycles. The molecule has 2 fully saturated rings. The minimum absolute atomic E-state index is 0.0788. The van der Waals surface area contributed by atoms with Gasteiger partial charge in [0.15, 0.2) is 0 Å². The third-order valence-corrected chi connectivity index (χ3v) is 9.07. The fraction of sp³-hybridized carbons (Fsp3) is 0.516. The number of H-pyrrole nitrogens is 1. The van der Waals surface area contributed by atoms with Gasteiger partial charge in [-0.15, -0.1) is 0 Å². The SMILES string of the molecule is C[C@@H]1CN(c2cc(F)c(C3=CCN(C(=O)OC4(C)CCC4)CC3)cc2NC(=O)c2c[nH]c(=O)cc2C(F)(F)F)C[C@H](C)N1C. The molecule has 13 heteroatoms. The second-order valence-electron chi connectivity index (χ2n) is 12.3. The maximum atomic E-state index is 15.8. The van der Waals surface area contributed by atoms with Crippen LogP contribution in [0.4, 0.5) is 33.7 Å². The Balaban J connectivity index is 1.47. The van der Waals surface area contributed by atoms with Gasteiger partial charge in [0.2, 0.25) is 5.56 Å². The molecule has 2 aromatic rings. The van der Waals surface area contributed by atoms with Crippen LogP contribution in [0.5, 0.6) is 0 Å². The Morgan fingerprint density at radius 2 is 1.80 bits per heavy atom. The number of likely N-dealkylation sites (N-methyl/N-ethyl adjacent to an activating group) is 1. The maximum absolute atomic E-state index is 15.8. The van der Waals surface area contributed by atoms with E-state index >= 15 is 4.39 Å². The van der Waals surface area contributed by atoms with Crippen molar-refractivity contribution in [2.24, 2.45) is 0 Å². The highest BCUT2D eigenvalue weighted by molar-refractivity contribution is 6.07. The van der Waals surface area contributed by atoms with E-state index in [1.807, 2.05) is 32.7 Å². The molecule has 1 saturated carbocycles. The molecule has 1 saturated heterocycles. The first-order valence-electron chi connectivity index (χ1n) is 14.7. The summed E-state index contributed by atoms with van der Waals surface area (Å²) in [7, 11) is 1.98. The zero-order valence-electron chi connectivity index (χ0n) is 25.2. The monoisotopic (exact) mass is 619 g/mol. The van der Waals surface area contributed by atoms with Crippen LogP contribution in [0, 0.1) is 5.82 Å². The Morgan fingerprint density at radius 3 is 2.36 bits per heavy atom. The summed E-state index contributed by atoms with van der Waals surface area (Å²) in [6.45, 7) is 7.41. The van der Waals surface area contributed by atoms with E-state index in [0.29, 0.717) is 43.4 Å². The molecule has 3 heterocycles. The van der Waals surface area contributed by atoms with E-state index in [9.17, 15) is 27.6 Å². The van der Waals surface area contributed by atoms with Crippen molar-refractivity contribution in [3.05, 3.63) is 63.3 Å². The van der Waals surface area contributed by atoms with Crippen molar-refractivity contribution in [3.63, 3.8) is 0 Å². The maximum Gasteiger partial charge on any atom is 0.417 e. The zero-order chi connectivity index (χ0) is 32.0. The van der Waals surface area contributed by atoms with Crippen molar-refractivity contribution >= 4 is 28.9 Å². The van der Waals surface area contributed by atoms with Gasteiger partial charge in [-0.05, 0) is 71.2 Å². The fourth-order valence-corrected chi connectivity index (χ4v) is 5.99. The Hall–Kier alpha value is -3.87. The molecular formula is C31H37F4N5O4. The average Bonchev–Trinajstić information content (AvgIpc) is 2.95. The number of amides is 2. The summed E-state index contributed by atoms with van der Waals surface area (Å²) >= 11 is 0. The number of hydrogen-bond acceptors (Lipinski definition) is 6. The van der Waals surface area contributed by atoms with Gasteiger partial charge in [-0.1, -0.05) is 6.08 Å². The van der Waals surface area contributed by atoms with Crippen LogP contribution in [0.2, 0.25) is 0 Å². The third-order valence-electron chi connectivity index (χ3n) is 9.07. The number of aromatic amines is 1. The largest absolute Gasteiger partial charge is 0.443 e. The predicted molar refractivity (Wildman–Crippen MR) is 158 cm³/mol. The van der Waals surface area contributed by atoms with Gasteiger partial charge in [-0.3, -0.25) is 14.5 Å². The van der Waals surface area contributed by atoms with Gasteiger partial charge < -0.3 is 24.8 Å². The van der Waals surface area contributed by atoms with Crippen LogP contribution in [-0.2, 0) is 10.9 Å². The molecule has 238 valence electrons. The van der Waals surface area contributed by atoms with E-state index in [1.54, 1.807) is 11.0 Å². The molecule has 1 aliphatic carbocycles. The first-order valence-corrected chi connectivity index (χ1v) is 14.7. The molecule has 3 aliphatic rings. The second-order valence-corrected chi connectivity index (χ2v) is 12.3. The molecule has 0 unspecified atom stereocenters. The quantitative estimate of drug-likeness (QED) is 0.431. The smallest absolute Gasteiger partial charge is 0.417 e. The molecule has 2 aliphatic heterocycles. The standard InChI is InChI=1S/C31H37F4N5O4/c1-18-16-40(17-19(2)38(18)4)26-14-24(32)21(20-6-10-39(11-7-20)29(43)44-30(3)8-5-9-30)12-25(26)37-28(42)22-15-36-27(41)13-23(22)31(33,34)35/h6,12-15,18-19H,5,7-11,16-17H2,1-4H3,(H,36,41)(H,37,42)/t18-,19+. The van der Waals surface area contributed by atoms with Crippen molar-refractivity contribution < 1.29 is 31.9 Å². The summed E-state index contributed by atoms with van der Waals surface area (Å²) < 4.78 is 62.7. The van der Waals surface area contributed by atoms with Gasteiger partial charge in [0.05, 0.1) is 22.5 Å². The van der Waals surface area contributed by atoms with Crippen LogP contribution < -0.4 is 15.8 Å². The lowest BCUT2D eigenvalue weighted by molar-refractivity contribution is -0.138. The molecule has 2 N–H and O–H groups in total. The first kappa shape index (κ1) is 31.6. The average molecular weight is 620 g/mol. The minimum atomic E-state index is -4.95. The summed E-state index contributed by atoms with van der Waals surface area (Å²) in [6.07, 6.45) is 0.0286. The predicted octanol–water partition coefficient (Wildman–Crippen LogP) is 5.48. The highest BCUT2D eigenvalue weighted by Crippen LogP contribution is 2.38. The Kier molecular flexibility index (Phi) is 8.54. The van der Waals surface area contributed by atoms with Gasteiger partial charge in [-0.25, -0.2) is 9.18 Å². The number of nitrogens with one attached hydrogen (secondary N) is 2. The van der Waals surface area contributed by atoms with Gasteiger partial charge in [-0.2, -0.15) is 13.2 Å². The van der Waals surface area contributed by atoms with Crippen LogP contribution in [0.25, 0.3) is 5.57 Å². The number of ether oxygens (including phenoxy) is 1. The summed E-state index contributed by atoms with van der Waals surface area (Å²) in [5.74, 6) is -1.65. The molecule has 1 aromatic carbocycles. The summed E-state index contributed by atoms with van der Waals surface area (Å²) in [5, 5.41) is 2.57. The topological polar surface area (TPSA) is 98.0 Å². The number of benzene rings is 1. The molecule has 9 nitrogen and oxygen atoms in total. The van der Waals surface area contributed by atoms with E-state index in [0.717, 1.165) is 25.5 Å². The van der Waals surface area contributed by atoms with Crippen molar-refractivity contribution in [2.75, 3.05) is 43.4 Å². The van der Waals surface area contributed by atoms with E-state index in [1.165, 1.54) is 12.1 Å². The van der Waals surface area contributed by atoms with Crippen LogP contribution in [-0.4, -0.2) is 77.7 Å². The first-order chi connectivity index (χ1) is 20.6. The lowest BCUT2D eigenvalue weighted by Gasteiger charge is -2.44. The van der Waals surface area contributed by atoms with Gasteiger partial charge in [0.25, 0.3) is 5.91 Å². The molecule has 0 bridgehead atoms. The molecule has 2 amide bonds. The number of carbonyl (C=O) groups excluding carboxylic acids is 2. The molecule has 0 radical (unpaired) electrons. The summed E-state index contributed by atoms with van der Waals surface area (Å²) in [6, 6.07) is 3.23. The molecule has 5 rings (SSSR count). The number of halogens is 4. The van der Waals surface area contributed by atoms with Crippen molar-refractivity contribution in [1.82, 2.24) is 14.8 Å². The number of carbonyl (C=O) groups is 2. The molecule has 2 atom stereocenters. The minimum Gasteiger partial charge on any atom is -0.443 e. The van der Waals surface area contributed by atoms with Gasteiger partial charge >= 0.3 is 12.3 Å². The molecule has 0 spiro atoms. The number of aromatic nitrogens is 1. The van der Waals surface area contributed by atoms with Gasteiger partial charge in [0.1, 0.15) is 11.4 Å². The van der Waals surface area contributed by atoms with Crippen LogP contribution in [0.1, 0.15) is 67.9 Å². The summed E-state index contributed by atoms with van der Waals surface area (Å²) in [5.41, 5.74) is -2.34. The van der Waals surface area contributed by atoms with Gasteiger partial charge in [0, 0.05) is 56.1 Å². The highest BCUT2D eigenvalue weighted by Gasteiger charge is 2.38.